The van der Waals surface area contributed by atoms with Crippen molar-refractivity contribution in [1.82, 2.24) is 0 Å². The molecule has 0 aliphatic carbocycles. The third kappa shape index (κ3) is 9.40. The second-order valence-corrected chi connectivity index (χ2v) is 18.9. The Balaban J connectivity index is 1.12. The van der Waals surface area contributed by atoms with E-state index in [0.29, 0.717) is 89.4 Å². The first kappa shape index (κ1) is 49.5. The van der Waals surface area contributed by atoms with Crippen LogP contribution in [0.3, 0.4) is 0 Å². The molecule has 382 valence electrons. The van der Waals surface area contributed by atoms with Gasteiger partial charge in [-0.2, -0.15) is 26.3 Å². The van der Waals surface area contributed by atoms with E-state index in [2.05, 4.69) is 0 Å². The van der Waals surface area contributed by atoms with Crippen molar-refractivity contribution in [3.8, 4) is 44.5 Å². The third-order valence-electron chi connectivity index (χ3n) is 14.0. The van der Waals surface area contributed by atoms with Crippen LogP contribution in [0.2, 0.25) is 0 Å². The number of nitrogens with zero attached hydrogens (tertiary/aromatic N) is 2. The SMILES string of the molecule is Fc1cccc(-c2cc(-c3cccc(F)c3)cc(N(c3ccc(C(F)(F)F)cc3)c3ccc4ccc5c(N(c6ccc(C(F)(F)F)cc6)c6cc(-c7cccc(F)c7)cc(-c7cccc(F)c7)c6)ccc6ccc3c4c65)c2)c1. The molecular formula is C66H38F10N2. The van der Waals surface area contributed by atoms with Gasteiger partial charge in [0, 0.05) is 33.5 Å². The Labute approximate surface area is 440 Å². The molecule has 0 spiro atoms. The number of alkyl halides is 6. The first-order chi connectivity index (χ1) is 37.5. The van der Waals surface area contributed by atoms with Gasteiger partial charge in [0.05, 0.1) is 22.5 Å². The number of rotatable bonds is 10. The maximum Gasteiger partial charge on any atom is 0.416 e. The number of benzene rings is 12. The van der Waals surface area contributed by atoms with E-state index in [1.807, 2.05) is 48.5 Å². The molecule has 0 unspecified atom stereocenters. The molecule has 0 saturated carbocycles. The second kappa shape index (κ2) is 19.3. The maximum absolute atomic E-state index is 14.9. The van der Waals surface area contributed by atoms with Crippen molar-refractivity contribution in [2.45, 2.75) is 12.4 Å². The Hall–Kier alpha value is -9.42. The van der Waals surface area contributed by atoms with Crippen LogP contribution < -0.4 is 9.80 Å². The van der Waals surface area contributed by atoms with Crippen molar-refractivity contribution in [3.05, 3.63) is 265 Å². The minimum atomic E-state index is -4.65. The van der Waals surface area contributed by atoms with Gasteiger partial charge >= 0.3 is 12.4 Å². The summed E-state index contributed by atoms with van der Waals surface area (Å²) < 4.78 is 145. The second-order valence-electron chi connectivity index (χ2n) is 18.9. The Morgan fingerprint density at radius 2 is 0.551 bits per heavy atom. The van der Waals surface area contributed by atoms with Gasteiger partial charge in [0.2, 0.25) is 0 Å². The standard InChI is InChI=1S/C66H38F10N2/c67-51-9-1-5-41(31-51)45-29-46(42-6-2-10-52(68)32-42)36-57(35-45)77(55-21-17-49(18-22-55)65(71,72)73)61-27-15-39-14-26-60-62(28-16-40-13-25-59(61)63(39)64(40)60)78(56-23-19-50(20-24-56)66(74,75)76)58-37-47(43-7-3-11-53(69)33-43)30-48(38-58)44-8-4-12-54(70)34-44/h1-38H. The molecular weight excluding hydrogens is 1010 g/mol. The monoisotopic (exact) mass is 1050 g/mol. The van der Waals surface area contributed by atoms with Crippen molar-refractivity contribution in [2.75, 3.05) is 9.80 Å². The van der Waals surface area contributed by atoms with Gasteiger partial charge < -0.3 is 9.80 Å². The molecule has 0 aliphatic rings. The van der Waals surface area contributed by atoms with Crippen LogP contribution in [0.15, 0.2) is 231 Å². The van der Waals surface area contributed by atoms with E-state index in [9.17, 15) is 43.9 Å². The van der Waals surface area contributed by atoms with Crippen LogP contribution in [0, 0.1) is 23.3 Å². The van der Waals surface area contributed by atoms with Crippen molar-refractivity contribution >= 4 is 66.4 Å². The van der Waals surface area contributed by atoms with Crippen LogP contribution in [-0.2, 0) is 12.4 Å². The first-order valence-corrected chi connectivity index (χ1v) is 24.5. The van der Waals surface area contributed by atoms with Crippen LogP contribution in [0.5, 0.6) is 0 Å². The van der Waals surface area contributed by atoms with Gasteiger partial charge in [-0.25, -0.2) is 17.6 Å². The highest BCUT2D eigenvalue weighted by Gasteiger charge is 2.32. The van der Waals surface area contributed by atoms with Gasteiger partial charge in [-0.1, -0.05) is 84.9 Å². The van der Waals surface area contributed by atoms with E-state index in [0.717, 1.165) is 45.8 Å². The minimum absolute atomic E-state index is 0.334. The smallest absolute Gasteiger partial charge is 0.310 e. The predicted molar refractivity (Wildman–Crippen MR) is 291 cm³/mol. The van der Waals surface area contributed by atoms with E-state index < -0.39 is 46.7 Å². The highest BCUT2D eigenvalue weighted by Crippen LogP contribution is 2.50. The van der Waals surface area contributed by atoms with Crippen molar-refractivity contribution in [3.63, 3.8) is 0 Å². The van der Waals surface area contributed by atoms with Crippen LogP contribution >= 0.6 is 0 Å². The summed E-state index contributed by atoms with van der Waals surface area (Å²) in [5.74, 6) is -2.00. The molecule has 2 nitrogen and oxygen atoms in total. The van der Waals surface area contributed by atoms with Crippen LogP contribution in [-0.4, -0.2) is 0 Å². The summed E-state index contributed by atoms with van der Waals surface area (Å²) >= 11 is 0. The highest BCUT2D eigenvalue weighted by atomic mass is 19.4. The zero-order valence-electron chi connectivity index (χ0n) is 40.6. The normalized spacial score (nSPS) is 12.0. The molecule has 0 N–H and O–H groups in total. The fraction of sp³-hybridized carbons (Fsp3) is 0.0303. The zero-order valence-corrected chi connectivity index (χ0v) is 40.6. The fourth-order valence-corrected chi connectivity index (χ4v) is 10.4. The molecule has 12 heteroatoms. The van der Waals surface area contributed by atoms with Gasteiger partial charge in [0.1, 0.15) is 23.3 Å². The molecule has 0 aliphatic heterocycles. The summed E-state index contributed by atoms with van der Waals surface area (Å²) in [5.41, 5.74) is 5.02. The Bertz CT molecular complexity index is 3840. The molecule has 0 fully saturated rings. The molecule has 0 bridgehead atoms. The van der Waals surface area contributed by atoms with Gasteiger partial charge in [-0.15, -0.1) is 0 Å². The lowest BCUT2D eigenvalue weighted by molar-refractivity contribution is -0.138. The lowest BCUT2D eigenvalue weighted by atomic mass is 9.91. The summed E-state index contributed by atoms with van der Waals surface area (Å²) in [6.07, 6.45) is -9.29. The Morgan fingerprint density at radius 1 is 0.256 bits per heavy atom. The number of hydrogen-bond donors (Lipinski definition) is 0. The summed E-state index contributed by atoms with van der Waals surface area (Å²) in [5, 5.41) is 4.38. The number of halogens is 10. The average Bonchev–Trinajstić information content (AvgIpc) is 3.48. The highest BCUT2D eigenvalue weighted by molar-refractivity contribution is 6.28. The van der Waals surface area contributed by atoms with Gasteiger partial charge in [-0.05, 0) is 212 Å². The Morgan fingerprint density at radius 3 is 0.833 bits per heavy atom. The molecule has 0 radical (unpaired) electrons. The molecule has 78 heavy (non-hydrogen) atoms. The molecule has 0 heterocycles. The fourth-order valence-electron chi connectivity index (χ4n) is 10.4. The topological polar surface area (TPSA) is 6.48 Å². The van der Waals surface area contributed by atoms with E-state index in [1.54, 1.807) is 94.7 Å². The van der Waals surface area contributed by atoms with Crippen LogP contribution in [0.4, 0.5) is 78.0 Å². The van der Waals surface area contributed by atoms with E-state index in [1.165, 1.54) is 72.8 Å². The van der Waals surface area contributed by atoms with Crippen molar-refractivity contribution in [2.24, 2.45) is 0 Å². The molecule has 12 aromatic carbocycles. The first-order valence-electron chi connectivity index (χ1n) is 24.5. The third-order valence-corrected chi connectivity index (χ3v) is 14.0. The summed E-state index contributed by atoms with van der Waals surface area (Å²) in [4.78, 5) is 3.61. The molecule has 0 aromatic heterocycles. The summed E-state index contributed by atoms with van der Waals surface area (Å²) in [6, 6.07) is 59.2. The van der Waals surface area contributed by atoms with Gasteiger partial charge in [0.15, 0.2) is 0 Å². The number of hydrogen-bond acceptors (Lipinski definition) is 2. The molecule has 12 aromatic rings. The van der Waals surface area contributed by atoms with E-state index >= 15 is 0 Å². The quantitative estimate of drug-likeness (QED) is 0.0995. The maximum atomic E-state index is 14.9. The van der Waals surface area contributed by atoms with Crippen molar-refractivity contribution < 1.29 is 43.9 Å². The van der Waals surface area contributed by atoms with Crippen molar-refractivity contribution in [1.29, 1.82) is 0 Å². The van der Waals surface area contributed by atoms with Gasteiger partial charge in [0.25, 0.3) is 0 Å². The molecule has 0 saturated heterocycles. The van der Waals surface area contributed by atoms with Gasteiger partial charge in [-0.3, -0.25) is 0 Å². The molecule has 12 rings (SSSR count). The van der Waals surface area contributed by atoms with E-state index in [-0.39, 0.29) is 0 Å². The largest absolute Gasteiger partial charge is 0.416 e. The predicted octanol–water partition coefficient (Wildman–Crippen LogP) is 20.8. The molecule has 0 atom stereocenters. The summed E-state index contributed by atoms with van der Waals surface area (Å²) in [7, 11) is 0. The van der Waals surface area contributed by atoms with E-state index in [4.69, 9.17) is 0 Å². The lowest BCUT2D eigenvalue weighted by Crippen LogP contribution is -2.13. The van der Waals surface area contributed by atoms with Crippen LogP contribution in [0.25, 0.3) is 76.8 Å². The molecule has 0 amide bonds. The van der Waals surface area contributed by atoms with Crippen LogP contribution in [0.1, 0.15) is 11.1 Å². The summed E-state index contributed by atoms with van der Waals surface area (Å²) in [6.45, 7) is 0. The minimum Gasteiger partial charge on any atom is -0.310 e. The zero-order chi connectivity index (χ0) is 54.0. The average molecular weight is 1050 g/mol. The Kier molecular flexibility index (Phi) is 12.2. The lowest BCUT2D eigenvalue weighted by Gasteiger charge is -2.30. The number of anilines is 6.